The molecule has 30 heavy (non-hydrogen) atoms. The number of ether oxygens (including phenoxy) is 3. The summed E-state index contributed by atoms with van der Waals surface area (Å²) in [5, 5.41) is 3.20. The van der Waals surface area contributed by atoms with Crippen molar-refractivity contribution in [3.8, 4) is 11.5 Å². The molecular weight excluding hydrogens is 408 g/mol. The van der Waals surface area contributed by atoms with Crippen LogP contribution in [-0.2, 0) is 25.9 Å². The quantitative estimate of drug-likeness (QED) is 0.789. The summed E-state index contributed by atoms with van der Waals surface area (Å²) in [6.07, 6.45) is 0. The summed E-state index contributed by atoms with van der Waals surface area (Å²) >= 11 is 0. The Morgan fingerprint density at radius 1 is 1.03 bits per heavy atom. The number of hydrogen-bond donors (Lipinski definition) is 1. The number of carbonyl (C=O) groups excluding carboxylic acids is 1. The summed E-state index contributed by atoms with van der Waals surface area (Å²) < 4.78 is 42.5. The highest BCUT2D eigenvalue weighted by atomic mass is 32.2. The van der Waals surface area contributed by atoms with E-state index in [1.165, 1.54) is 11.0 Å². The molecule has 0 atom stereocenters. The Morgan fingerprint density at radius 3 is 2.63 bits per heavy atom. The zero-order valence-corrected chi connectivity index (χ0v) is 16.9. The maximum atomic E-state index is 13.2. The topological polar surface area (TPSA) is 94.2 Å². The van der Waals surface area contributed by atoms with E-state index in [1.54, 1.807) is 18.2 Å². The van der Waals surface area contributed by atoms with Gasteiger partial charge in [-0.05, 0) is 23.8 Å². The van der Waals surface area contributed by atoms with Gasteiger partial charge in [0.1, 0.15) is 0 Å². The maximum Gasteiger partial charge on any atom is 0.268 e. The molecule has 0 aromatic heterocycles. The summed E-state index contributed by atoms with van der Waals surface area (Å²) in [5.41, 5.74) is 1.72. The van der Waals surface area contributed by atoms with E-state index in [1.807, 2.05) is 18.2 Å². The molecule has 2 aromatic carbocycles. The van der Waals surface area contributed by atoms with Gasteiger partial charge in [-0.15, -0.1) is 0 Å². The molecule has 8 nitrogen and oxygen atoms in total. The molecule has 0 radical (unpaired) electrons. The summed E-state index contributed by atoms with van der Waals surface area (Å²) in [5.74, 6) is 0.824. The normalized spacial score (nSPS) is 19.0. The van der Waals surface area contributed by atoms with Gasteiger partial charge in [0.05, 0.1) is 23.8 Å². The van der Waals surface area contributed by atoms with Crippen molar-refractivity contribution in [1.29, 1.82) is 0 Å². The summed E-state index contributed by atoms with van der Waals surface area (Å²) in [7, 11) is -3.92. The van der Waals surface area contributed by atoms with Gasteiger partial charge in [0, 0.05) is 25.2 Å². The Labute approximate surface area is 174 Å². The molecule has 0 unspecified atom stereocenters. The number of amides is 1. The molecule has 156 valence electrons. The van der Waals surface area contributed by atoms with Crippen LogP contribution in [0.25, 0.3) is 5.70 Å². The average Bonchev–Trinajstić information content (AvgIpc) is 3.32. The average molecular weight is 428 g/mol. The second kappa shape index (κ2) is 7.33. The summed E-state index contributed by atoms with van der Waals surface area (Å²) in [4.78, 5) is 14.7. The minimum Gasteiger partial charge on any atom is -0.454 e. The van der Waals surface area contributed by atoms with Gasteiger partial charge in [-0.1, -0.05) is 24.3 Å². The molecule has 0 bridgehead atoms. The van der Waals surface area contributed by atoms with Gasteiger partial charge in [0.25, 0.3) is 5.91 Å². The predicted molar refractivity (Wildman–Crippen MR) is 107 cm³/mol. The molecule has 9 heteroatoms. The van der Waals surface area contributed by atoms with Crippen LogP contribution in [0.5, 0.6) is 11.5 Å². The largest absolute Gasteiger partial charge is 0.454 e. The van der Waals surface area contributed by atoms with Gasteiger partial charge in [-0.2, -0.15) is 0 Å². The number of fused-ring (bicyclic) bond motifs is 2. The van der Waals surface area contributed by atoms with Gasteiger partial charge in [0.15, 0.2) is 16.4 Å². The van der Waals surface area contributed by atoms with Crippen LogP contribution in [0.3, 0.4) is 0 Å². The van der Waals surface area contributed by atoms with Gasteiger partial charge in [0.2, 0.25) is 16.6 Å². The lowest BCUT2D eigenvalue weighted by molar-refractivity contribution is -0.130. The van der Waals surface area contributed by atoms with E-state index < -0.39 is 15.7 Å². The highest BCUT2D eigenvalue weighted by Gasteiger charge is 2.41. The second-order valence-electron chi connectivity index (χ2n) is 7.15. The highest BCUT2D eigenvalue weighted by molar-refractivity contribution is 7.97. The molecule has 1 amide bonds. The molecule has 1 saturated heterocycles. The standard InChI is InChI=1S/C21H20N2O6S/c24-21(23-7-9-27-10-8-23)20-19(15-3-1-2-4-18(15)30(20,25)26)22-12-14-5-6-16-17(11-14)29-13-28-16/h1-6,11,22H,7-10,12-13H2. The molecular formula is C21H20N2O6S. The number of nitrogens with one attached hydrogen (secondary N) is 1. The number of carbonyl (C=O) groups is 1. The summed E-state index contributed by atoms with van der Waals surface area (Å²) in [6, 6.07) is 12.2. The van der Waals surface area contributed by atoms with Crippen LogP contribution in [0, 0.1) is 0 Å². The Bertz CT molecular complexity index is 1150. The third kappa shape index (κ3) is 3.10. The number of nitrogens with zero attached hydrogens (tertiary/aromatic N) is 1. The van der Waals surface area contributed by atoms with E-state index in [4.69, 9.17) is 14.2 Å². The Balaban J connectivity index is 1.51. The maximum absolute atomic E-state index is 13.2. The highest BCUT2D eigenvalue weighted by Crippen LogP contribution is 2.39. The third-order valence-corrected chi connectivity index (χ3v) is 7.19. The van der Waals surface area contributed by atoms with E-state index in [2.05, 4.69) is 5.32 Å². The van der Waals surface area contributed by atoms with Crippen LogP contribution in [0.1, 0.15) is 11.1 Å². The molecule has 1 fully saturated rings. The van der Waals surface area contributed by atoms with E-state index in [0.717, 1.165) is 5.56 Å². The Kier molecular flexibility index (Phi) is 4.63. The first kappa shape index (κ1) is 19.0. The third-order valence-electron chi connectivity index (χ3n) is 5.34. The molecule has 0 saturated carbocycles. The molecule has 0 spiro atoms. The van der Waals surface area contributed by atoms with Crippen LogP contribution < -0.4 is 14.8 Å². The minimum absolute atomic E-state index is 0.148. The number of hydrogen-bond acceptors (Lipinski definition) is 7. The Morgan fingerprint density at radius 2 is 1.80 bits per heavy atom. The molecule has 2 aromatic rings. The van der Waals surface area contributed by atoms with Crippen molar-refractivity contribution in [2.45, 2.75) is 11.4 Å². The van der Waals surface area contributed by atoms with Crippen molar-refractivity contribution in [2.24, 2.45) is 0 Å². The van der Waals surface area contributed by atoms with Crippen molar-refractivity contribution < 1.29 is 27.4 Å². The molecule has 3 aliphatic rings. The van der Waals surface area contributed by atoms with Gasteiger partial charge in [-0.3, -0.25) is 4.79 Å². The number of rotatable bonds is 4. The van der Waals surface area contributed by atoms with E-state index in [0.29, 0.717) is 55.6 Å². The molecule has 3 aliphatic heterocycles. The van der Waals surface area contributed by atoms with Crippen LogP contribution >= 0.6 is 0 Å². The number of sulfone groups is 1. The zero-order chi connectivity index (χ0) is 20.7. The van der Waals surface area contributed by atoms with Crippen molar-refractivity contribution in [3.63, 3.8) is 0 Å². The van der Waals surface area contributed by atoms with Gasteiger partial charge >= 0.3 is 0 Å². The minimum atomic E-state index is -3.92. The Hall–Kier alpha value is -3.04. The molecule has 5 rings (SSSR count). The van der Waals surface area contributed by atoms with Crippen molar-refractivity contribution in [1.82, 2.24) is 10.2 Å². The second-order valence-corrected chi connectivity index (χ2v) is 9.00. The predicted octanol–water partition coefficient (Wildman–Crippen LogP) is 1.52. The van der Waals surface area contributed by atoms with Crippen LogP contribution in [0.15, 0.2) is 52.3 Å². The zero-order valence-electron chi connectivity index (χ0n) is 16.1. The smallest absolute Gasteiger partial charge is 0.268 e. The lowest BCUT2D eigenvalue weighted by Gasteiger charge is -2.27. The van der Waals surface area contributed by atoms with Gasteiger partial charge in [-0.25, -0.2) is 8.42 Å². The fourth-order valence-corrected chi connectivity index (χ4v) is 5.57. The van der Waals surface area contributed by atoms with Crippen molar-refractivity contribution >= 4 is 21.4 Å². The lowest BCUT2D eigenvalue weighted by atomic mass is 10.1. The first-order valence-electron chi connectivity index (χ1n) is 9.64. The molecule has 0 aliphatic carbocycles. The molecule has 3 heterocycles. The van der Waals surface area contributed by atoms with Crippen LogP contribution in [0.4, 0.5) is 0 Å². The number of benzene rings is 2. The fourth-order valence-electron chi connectivity index (χ4n) is 3.82. The van der Waals surface area contributed by atoms with Crippen molar-refractivity contribution in [3.05, 3.63) is 58.5 Å². The van der Waals surface area contributed by atoms with E-state index in [9.17, 15) is 13.2 Å². The fraction of sp³-hybridized carbons (Fsp3) is 0.286. The first-order chi connectivity index (χ1) is 14.6. The van der Waals surface area contributed by atoms with E-state index in [-0.39, 0.29) is 16.6 Å². The van der Waals surface area contributed by atoms with Crippen LogP contribution in [-0.4, -0.2) is 52.3 Å². The monoisotopic (exact) mass is 428 g/mol. The van der Waals surface area contributed by atoms with Gasteiger partial charge < -0.3 is 24.4 Å². The molecule has 1 N–H and O–H groups in total. The first-order valence-corrected chi connectivity index (χ1v) is 11.1. The van der Waals surface area contributed by atoms with Crippen LogP contribution in [0.2, 0.25) is 0 Å². The van der Waals surface area contributed by atoms with Crippen molar-refractivity contribution in [2.75, 3.05) is 33.1 Å². The summed E-state index contributed by atoms with van der Waals surface area (Å²) in [6.45, 7) is 2.03. The SMILES string of the molecule is O=C(C1=C(NCc2ccc3c(c2)OCO3)c2ccccc2S1(=O)=O)N1CCOCC1. The number of morpholine rings is 1. The van der Waals surface area contributed by atoms with E-state index >= 15 is 0 Å². The lowest BCUT2D eigenvalue weighted by Crippen LogP contribution is -2.42.